The number of hydrogen-bond acceptors (Lipinski definition) is 14. The molecule has 3 saturated carbocycles. The summed E-state index contributed by atoms with van der Waals surface area (Å²) in [5.41, 5.74) is -6.79. The van der Waals surface area contributed by atoms with Crippen LogP contribution in [-0.2, 0) is 47.6 Å². The van der Waals surface area contributed by atoms with Gasteiger partial charge in [0.1, 0.15) is 29.5 Å². The van der Waals surface area contributed by atoms with Gasteiger partial charge in [-0.15, -0.1) is 0 Å². The van der Waals surface area contributed by atoms with Crippen LogP contribution in [0.3, 0.4) is 0 Å². The highest BCUT2D eigenvalue weighted by atomic mass is 16.6. The molecular weight excluding hydrogens is 810 g/mol. The number of nitrogens with one attached hydrogen (secondary N) is 1. The standard InChI is InChI=1S/C45H53NO14.2H2O/c1-23-29(57-39(52)33(49)32(26-15-11-9-12-16-26)46-40(53)60-41(4,5)6)21-45(54)37(58-38(51)27-17-13-10-14-18-27)35-43(36(50)34(56-24(2)47)31(23)42(45,7)8)20-28(43)19-30-44(35,22-55-30)59-25(3)48;;/h9-18,28-30,32-35,37,49,54H,19-22H2,1-8H3,(H,46,53);2*1H2/t28?,29-,30+,32-,33+,34+,35-,37-,43?,44-,45+;;/m0../s1. The second kappa shape index (κ2) is 16.8. The molecule has 2 bridgehead atoms. The maximum absolute atomic E-state index is 15.4. The van der Waals surface area contributed by atoms with Gasteiger partial charge < -0.3 is 54.9 Å². The Morgan fingerprint density at radius 1 is 0.887 bits per heavy atom. The normalized spacial score (nSPS) is 32.3. The van der Waals surface area contributed by atoms with Gasteiger partial charge in [0.15, 0.2) is 23.6 Å². The van der Waals surface area contributed by atoms with E-state index in [-0.39, 0.29) is 46.6 Å². The van der Waals surface area contributed by atoms with Gasteiger partial charge in [0.2, 0.25) is 0 Å². The summed E-state index contributed by atoms with van der Waals surface area (Å²) >= 11 is 0. The first-order valence-corrected chi connectivity index (χ1v) is 20.2. The van der Waals surface area contributed by atoms with Crippen molar-refractivity contribution in [2.75, 3.05) is 6.61 Å². The van der Waals surface area contributed by atoms with Gasteiger partial charge in [0.05, 0.1) is 24.1 Å². The molecule has 338 valence electrons. The molecule has 5 aliphatic rings. The molecule has 7 N–H and O–H groups in total. The summed E-state index contributed by atoms with van der Waals surface area (Å²) in [5, 5.41) is 27.9. The van der Waals surface area contributed by atoms with E-state index in [0.29, 0.717) is 12.0 Å². The van der Waals surface area contributed by atoms with Crippen LogP contribution in [0.1, 0.15) is 96.6 Å². The maximum atomic E-state index is 15.4. The summed E-state index contributed by atoms with van der Waals surface area (Å²) in [7, 11) is 0. The molecule has 0 aromatic heterocycles. The van der Waals surface area contributed by atoms with Crippen LogP contribution in [0.5, 0.6) is 0 Å². The largest absolute Gasteiger partial charge is 0.456 e. The Kier molecular flexibility index (Phi) is 13.0. The van der Waals surface area contributed by atoms with Crippen LogP contribution in [0.4, 0.5) is 4.79 Å². The summed E-state index contributed by atoms with van der Waals surface area (Å²) < 4.78 is 36.0. The molecule has 11 atom stereocenters. The van der Waals surface area contributed by atoms with Crippen LogP contribution in [0, 0.1) is 22.7 Å². The smallest absolute Gasteiger partial charge is 0.408 e. The first-order valence-electron chi connectivity index (χ1n) is 20.2. The van der Waals surface area contributed by atoms with Gasteiger partial charge in [-0.2, -0.15) is 0 Å². The van der Waals surface area contributed by atoms with Gasteiger partial charge in [-0.1, -0.05) is 62.4 Å². The second-order valence-corrected chi connectivity index (χ2v) is 18.3. The summed E-state index contributed by atoms with van der Waals surface area (Å²) in [4.78, 5) is 82.8. The molecule has 4 fully saturated rings. The third kappa shape index (κ3) is 7.89. The Balaban J connectivity index is 0.00000363. The lowest BCUT2D eigenvalue weighted by Crippen LogP contribution is -2.78. The third-order valence-corrected chi connectivity index (χ3v) is 13.2. The monoisotopic (exact) mass is 867 g/mol. The van der Waals surface area contributed by atoms with E-state index < -0.39 is 112 Å². The average Bonchev–Trinajstić information content (AvgIpc) is 3.90. The van der Waals surface area contributed by atoms with E-state index >= 15 is 4.79 Å². The Morgan fingerprint density at radius 3 is 2.05 bits per heavy atom. The minimum absolute atomic E-state index is 0. The second-order valence-electron chi connectivity index (χ2n) is 18.3. The molecule has 2 aromatic carbocycles. The lowest BCUT2D eigenvalue weighted by Gasteiger charge is -2.64. The van der Waals surface area contributed by atoms with E-state index in [0.717, 1.165) is 6.92 Å². The molecule has 17 nitrogen and oxygen atoms in total. The highest BCUT2D eigenvalue weighted by molar-refractivity contribution is 5.97. The number of alkyl carbamates (subject to hydrolysis) is 1. The Morgan fingerprint density at radius 2 is 1.50 bits per heavy atom. The number of rotatable bonds is 9. The van der Waals surface area contributed by atoms with E-state index in [1.165, 1.54) is 19.1 Å². The highest BCUT2D eigenvalue weighted by Gasteiger charge is 2.84. The predicted molar refractivity (Wildman–Crippen MR) is 217 cm³/mol. The zero-order valence-electron chi connectivity index (χ0n) is 36.0. The minimum atomic E-state index is -2.25. The molecule has 2 aromatic rings. The summed E-state index contributed by atoms with van der Waals surface area (Å²) in [6.45, 7) is 12.0. The van der Waals surface area contributed by atoms with Crippen LogP contribution in [0.25, 0.3) is 0 Å². The van der Waals surface area contributed by atoms with Crippen molar-refractivity contribution < 1.29 is 78.4 Å². The number of ketones is 1. The molecule has 1 heterocycles. The van der Waals surface area contributed by atoms with Crippen LogP contribution in [0.15, 0.2) is 71.8 Å². The molecule has 7 rings (SSSR count). The highest BCUT2D eigenvalue weighted by Crippen LogP contribution is 2.74. The van der Waals surface area contributed by atoms with E-state index in [1.807, 2.05) is 0 Å². The first-order chi connectivity index (χ1) is 28.1. The molecule has 0 radical (unpaired) electrons. The van der Waals surface area contributed by atoms with Crippen molar-refractivity contribution in [1.82, 2.24) is 5.32 Å². The van der Waals surface area contributed by atoms with E-state index in [2.05, 4.69) is 5.32 Å². The zero-order chi connectivity index (χ0) is 43.7. The van der Waals surface area contributed by atoms with Gasteiger partial charge in [-0.3, -0.25) is 14.4 Å². The fourth-order valence-electron chi connectivity index (χ4n) is 10.4. The number of fused-ring (bicyclic) bond motifs is 4. The van der Waals surface area contributed by atoms with Gasteiger partial charge in [-0.25, -0.2) is 14.4 Å². The van der Waals surface area contributed by atoms with Gasteiger partial charge in [0.25, 0.3) is 0 Å². The van der Waals surface area contributed by atoms with Crippen molar-refractivity contribution in [2.45, 2.75) is 128 Å². The van der Waals surface area contributed by atoms with E-state index in [4.69, 9.17) is 28.4 Å². The summed E-state index contributed by atoms with van der Waals surface area (Å²) in [6.07, 6.45) is -8.18. The number of aliphatic hydroxyl groups is 2. The van der Waals surface area contributed by atoms with Crippen molar-refractivity contribution in [1.29, 1.82) is 0 Å². The molecule has 4 aliphatic carbocycles. The number of ether oxygens (including phenoxy) is 6. The number of carbonyl (C=O) groups excluding carboxylic acids is 6. The molecule has 1 spiro atoms. The molecule has 1 saturated heterocycles. The predicted octanol–water partition coefficient (Wildman–Crippen LogP) is 2.82. The molecule has 17 heteroatoms. The Bertz CT molecular complexity index is 2120. The first kappa shape index (κ1) is 47.8. The lowest BCUT2D eigenvalue weighted by molar-refractivity contribution is -0.323. The van der Waals surface area contributed by atoms with Crippen LogP contribution >= 0.6 is 0 Å². The Hall–Kier alpha value is -5.20. The van der Waals surface area contributed by atoms with Crippen molar-refractivity contribution in [3.05, 3.63) is 82.9 Å². The zero-order valence-corrected chi connectivity index (χ0v) is 36.0. The van der Waals surface area contributed by atoms with Crippen LogP contribution < -0.4 is 5.32 Å². The third-order valence-electron chi connectivity index (χ3n) is 13.2. The molecule has 1 amide bonds. The summed E-state index contributed by atoms with van der Waals surface area (Å²) in [6, 6.07) is 14.9. The van der Waals surface area contributed by atoms with Crippen molar-refractivity contribution in [3.63, 3.8) is 0 Å². The fraction of sp³-hybridized carbons (Fsp3) is 0.556. The number of carbonyl (C=O) groups is 6. The maximum Gasteiger partial charge on any atom is 0.408 e. The van der Waals surface area contributed by atoms with Crippen LogP contribution in [-0.4, -0.2) is 111 Å². The molecule has 1 aliphatic heterocycles. The Labute approximate surface area is 359 Å². The number of benzene rings is 2. The number of aliphatic hydroxyl groups excluding tert-OH is 1. The van der Waals surface area contributed by atoms with Crippen molar-refractivity contribution in [2.24, 2.45) is 22.7 Å². The molecular formula is C45H57NO16. The topological polar surface area (TPSA) is 273 Å². The lowest BCUT2D eigenvalue weighted by atomic mass is 9.48. The minimum Gasteiger partial charge on any atom is -0.456 e. The SMILES string of the molecule is CC(=O)O[C@H]1C(=O)C23CC2C[C@H]2OC[C@@]2(OC(C)=O)[C@H]3[C@H](OC(=O)c2ccccc2)[C@]2(O)C[C@H](OC(=O)[C@H](O)[C@@H](NC(=O)OC(C)(C)C)c3ccccc3)C(C)=C1C2(C)C.O.O. The average molecular weight is 868 g/mol. The summed E-state index contributed by atoms with van der Waals surface area (Å²) in [5.74, 6) is -5.65. The molecule has 2 unspecified atom stereocenters. The van der Waals surface area contributed by atoms with Gasteiger partial charge in [-0.05, 0) is 75.3 Å². The van der Waals surface area contributed by atoms with Crippen LogP contribution in [0.2, 0.25) is 0 Å². The van der Waals surface area contributed by atoms with E-state index in [1.54, 1.807) is 90.1 Å². The number of esters is 4. The van der Waals surface area contributed by atoms with Crippen molar-refractivity contribution >= 4 is 35.8 Å². The number of hydrogen-bond donors (Lipinski definition) is 3. The number of amides is 1. The van der Waals surface area contributed by atoms with Gasteiger partial charge in [0, 0.05) is 31.1 Å². The van der Waals surface area contributed by atoms with Gasteiger partial charge >= 0.3 is 30.0 Å². The molecule has 62 heavy (non-hydrogen) atoms. The van der Waals surface area contributed by atoms with Crippen molar-refractivity contribution in [3.8, 4) is 0 Å². The van der Waals surface area contributed by atoms with E-state index in [9.17, 15) is 34.2 Å². The fourth-order valence-corrected chi connectivity index (χ4v) is 10.4. The quantitative estimate of drug-likeness (QED) is 0.186. The number of Topliss-reactive ketones (excluding diaryl/α,β-unsaturated/α-hetero) is 1.